The Morgan fingerprint density at radius 2 is 1.78 bits per heavy atom. The molecule has 2 aromatic heterocycles. The molecule has 0 amide bonds. The SMILES string of the molecule is Cc1cn([C@@H]2O[C@@H]3[C@H](OCc4ccccc4)C=C[C@]3(OCc3ccccc3)[C@H]2OC(=S)n2ccnc2)c(=O)[nH]c1=O. The summed E-state index contributed by atoms with van der Waals surface area (Å²) in [7, 11) is 0. The minimum absolute atomic E-state index is 0.0979. The van der Waals surface area contributed by atoms with Crippen LogP contribution in [0.15, 0.2) is 107 Å². The molecule has 1 N–H and O–H groups in total. The number of aryl methyl sites for hydroxylation is 1. The molecule has 2 aliphatic rings. The van der Waals surface area contributed by atoms with Crippen molar-refractivity contribution < 1.29 is 18.9 Å². The lowest BCUT2D eigenvalue weighted by Gasteiger charge is -2.34. The number of imidazole rings is 1. The maximum Gasteiger partial charge on any atom is 0.330 e. The van der Waals surface area contributed by atoms with E-state index in [0.717, 1.165) is 11.1 Å². The van der Waals surface area contributed by atoms with Gasteiger partial charge in [-0.3, -0.25) is 18.9 Å². The molecule has 0 bridgehead atoms. The highest BCUT2D eigenvalue weighted by molar-refractivity contribution is 7.80. The van der Waals surface area contributed by atoms with Crippen LogP contribution in [0, 0.1) is 6.92 Å². The average molecular weight is 573 g/mol. The first kappa shape index (κ1) is 27.0. The monoisotopic (exact) mass is 572 g/mol. The minimum Gasteiger partial charge on any atom is -0.459 e. The van der Waals surface area contributed by atoms with E-state index in [-0.39, 0.29) is 11.8 Å². The zero-order valence-corrected chi connectivity index (χ0v) is 23.0. The van der Waals surface area contributed by atoms with Crippen molar-refractivity contribution in [3.05, 3.63) is 135 Å². The second-order valence-corrected chi connectivity index (χ2v) is 10.3. The van der Waals surface area contributed by atoms with Crippen molar-refractivity contribution in [3.63, 3.8) is 0 Å². The zero-order valence-electron chi connectivity index (χ0n) is 22.2. The van der Waals surface area contributed by atoms with Crippen LogP contribution in [0.1, 0.15) is 22.9 Å². The van der Waals surface area contributed by atoms with Gasteiger partial charge in [0.25, 0.3) is 10.7 Å². The van der Waals surface area contributed by atoms with Crippen LogP contribution in [0.2, 0.25) is 0 Å². The van der Waals surface area contributed by atoms with E-state index in [1.807, 2.05) is 72.8 Å². The number of fused-ring (bicyclic) bond motifs is 1. The number of nitrogens with one attached hydrogen (secondary N) is 1. The molecule has 0 unspecified atom stereocenters. The molecule has 3 heterocycles. The van der Waals surface area contributed by atoms with Gasteiger partial charge in [-0.2, -0.15) is 0 Å². The summed E-state index contributed by atoms with van der Waals surface area (Å²) in [6.45, 7) is 2.19. The first-order valence-electron chi connectivity index (χ1n) is 13.1. The van der Waals surface area contributed by atoms with E-state index in [1.54, 1.807) is 23.9 Å². The lowest BCUT2D eigenvalue weighted by Crippen LogP contribution is -2.51. The Kier molecular flexibility index (Phi) is 7.50. The van der Waals surface area contributed by atoms with Crippen LogP contribution in [0.4, 0.5) is 0 Å². The van der Waals surface area contributed by atoms with Gasteiger partial charge in [0.05, 0.1) is 13.2 Å². The van der Waals surface area contributed by atoms with Crippen LogP contribution in [0.5, 0.6) is 0 Å². The molecule has 1 aliphatic carbocycles. The molecule has 1 saturated heterocycles. The molecule has 6 rings (SSSR count). The summed E-state index contributed by atoms with van der Waals surface area (Å²) < 4.78 is 28.9. The zero-order chi connectivity index (χ0) is 28.4. The summed E-state index contributed by atoms with van der Waals surface area (Å²) in [4.78, 5) is 31.7. The molecule has 4 aromatic rings. The van der Waals surface area contributed by atoms with Crippen LogP contribution < -0.4 is 11.2 Å². The summed E-state index contributed by atoms with van der Waals surface area (Å²) in [5.41, 5.74) is -0.0334. The Hall–Kier alpha value is -4.16. The Morgan fingerprint density at radius 3 is 2.46 bits per heavy atom. The first-order chi connectivity index (χ1) is 19.9. The standard InChI is InChI=1S/C30H28N4O6S/c1-20-16-34(28(36)32-26(20)35)27-25(40-29(41)33-15-14-31-19-33)30(38-18-22-10-6-3-7-11-22)13-12-23(24(30)39-27)37-17-21-8-4-2-5-9-21/h2-16,19,23-25,27H,17-18H2,1H3,(H,32,35,36)/t23-,24-,25+,27-,30-/m1/s1. The third-order valence-corrected chi connectivity index (χ3v) is 7.57. The number of benzene rings is 2. The third kappa shape index (κ3) is 5.32. The molecule has 10 nitrogen and oxygen atoms in total. The summed E-state index contributed by atoms with van der Waals surface area (Å²) in [5, 5.41) is 0.0979. The van der Waals surface area contributed by atoms with E-state index in [1.165, 1.54) is 17.1 Å². The maximum atomic E-state index is 13.1. The number of aromatic nitrogens is 4. The molecule has 0 radical (unpaired) electrons. The van der Waals surface area contributed by atoms with E-state index >= 15 is 0 Å². The smallest absolute Gasteiger partial charge is 0.330 e. The lowest BCUT2D eigenvalue weighted by atomic mass is 9.93. The predicted octanol–water partition coefficient (Wildman–Crippen LogP) is 3.27. The van der Waals surface area contributed by atoms with Crippen molar-refractivity contribution >= 4 is 17.4 Å². The van der Waals surface area contributed by atoms with Crippen LogP contribution >= 0.6 is 12.2 Å². The fourth-order valence-corrected chi connectivity index (χ4v) is 5.37. The molecule has 210 valence electrons. The third-order valence-electron chi connectivity index (χ3n) is 7.26. The number of hydrogen-bond donors (Lipinski definition) is 1. The quantitative estimate of drug-likeness (QED) is 0.253. The molecule has 0 spiro atoms. The van der Waals surface area contributed by atoms with Crippen molar-refractivity contribution in [1.29, 1.82) is 0 Å². The molecule has 0 saturated carbocycles. The number of thiocarbonyl (C=S) groups is 1. The molecule has 11 heteroatoms. The number of H-pyrrole nitrogens is 1. The molecular weight excluding hydrogens is 544 g/mol. The Bertz CT molecular complexity index is 1650. The number of rotatable bonds is 8. The van der Waals surface area contributed by atoms with Gasteiger partial charge in [0.15, 0.2) is 17.9 Å². The fraction of sp³-hybridized carbons (Fsp3) is 0.267. The summed E-state index contributed by atoms with van der Waals surface area (Å²) in [6.07, 6.45) is 6.83. The van der Waals surface area contributed by atoms with Crippen molar-refractivity contribution in [1.82, 2.24) is 19.1 Å². The van der Waals surface area contributed by atoms with Crippen molar-refractivity contribution in [3.8, 4) is 0 Å². The normalized spacial score (nSPS) is 24.8. The molecular formula is C30H28N4O6S. The number of nitrogens with zero attached hydrogens (tertiary/aromatic N) is 3. The van der Waals surface area contributed by atoms with Crippen LogP contribution in [-0.4, -0.2) is 48.2 Å². The highest BCUT2D eigenvalue weighted by Crippen LogP contribution is 2.48. The minimum atomic E-state index is -1.20. The first-order valence-corrected chi connectivity index (χ1v) is 13.5. The number of ether oxygens (including phenoxy) is 4. The Morgan fingerprint density at radius 1 is 1.07 bits per heavy atom. The van der Waals surface area contributed by atoms with Gasteiger partial charge in [0.2, 0.25) is 0 Å². The van der Waals surface area contributed by atoms with Crippen LogP contribution in [0.25, 0.3) is 0 Å². The van der Waals surface area contributed by atoms with E-state index in [0.29, 0.717) is 12.2 Å². The molecule has 1 aliphatic heterocycles. The van der Waals surface area contributed by atoms with Gasteiger partial charge in [0, 0.05) is 24.2 Å². The van der Waals surface area contributed by atoms with Crippen molar-refractivity contribution in [2.45, 2.75) is 50.3 Å². The highest BCUT2D eigenvalue weighted by atomic mass is 32.1. The van der Waals surface area contributed by atoms with Crippen LogP contribution in [-0.2, 0) is 32.2 Å². The predicted molar refractivity (Wildman–Crippen MR) is 153 cm³/mol. The van der Waals surface area contributed by atoms with Gasteiger partial charge in [0.1, 0.15) is 18.5 Å². The summed E-state index contributed by atoms with van der Waals surface area (Å²) >= 11 is 5.61. The summed E-state index contributed by atoms with van der Waals surface area (Å²) in [6, 6.07) is 19.5. The van der Waals surface area contributed by atoms with E-state index in [9.17, 15) is 9.59 Å². The average Bonchev–Trinajstić information content (AvgIpc) is 3.71. The Balaban J connectivity index is 1.40. The second kappa shape index (κ2) is 11.4. The van der Waals surface area contributed by atoms with E-state index < -0.39 is 41.4 Å². The van der Waals surface area contributed by atoms with Gasteiger partial charge >= 0.3 is 5.69 Å². The summed E-state index contributed by atoms with van der Waals surface area (Å²) in [5.74, 6) is 0. The van der Waals surface area contributed by atoms with E-state index in [2.05, 4.69) is 9.97 Å². The molecule has 41 heavy (non-hydrogen) atoms. The van der Waals surface area contributed by atoms with Crippen molar-refractivity contribution in [2.75, 3.05) is 0 Å². The molecule has 1 fully saturated rings. The fourth-order valence-electron chi connectivity index (χ4n) is 5.16. The van der Waals surface area contributed by atoms with Gasteiger partial charge in [-0.25, -0.2) is 9.78 Å². The lowest BCUT2D eigenvalue weighted by molar-refractivity contribution is -0.128. The van der Waals surface area contributed by atoms with Crippen LogP contribution in [0.3, 0.4) is 0 Å². The maximum absolute atomic E-state index is 13.1. The van der Waals surface area contributed by atoms with Crippen molar-refractivity contribution in [2.24, 2.45) is 0 Å². The molecule has 2 aromatic carbocycles. The highest BCUT2D eigenvalue weighted by Gasteiger charge is 2.64. The largest absolute Gasteiger partial charge is 0.459 e. The second-order valence-electron chi connectivity index (χ2n) is 9.95. The van der Waals surface area contributed by atoms with E-state index in [4.69, 9.17) is 31.2 Å². The van der Waals surface area contributed by atoms with Gasteiger partial charge < -0.3 is 18.9 Å². The molecule has 5 atom stereocenters. The van der Waals surface area contributed by atoms with Gasteiger partial charge in [-0.15, -0.1) is 0 Å². The number of hydrogen-bond acceptors (Lipinski definition) is 8. The van der Waals surface area contributed by atoms with Gasteiger partial charge in [-0.1, -0.05) is 66.7 Å². The number of aromatic amines is 1. The van der Waals surface area contributed by atoms with Gasteiger partial charge in [-0.05, 0) is 36.3 Å². The Labute approximate surface area is 240 Å². The topological polar surface area (TPSA) is 110 Å².